The van der Waals surface area contributed by atoms with E-state index in [-0.39, 0.29) is 4.90 Å². The van der Waals surface area contributed by atoms with Crippen molar-refractivity contribution in [1.82, 2.24) is 9.21 Å². The second kappa shape index (κ2) is 5.41. The molecule has 112 valence electrons. The molecular formula is C15H19N3O2S. The highest BCUT2D eigenvalue weighted by Crippen LogP contribution is 2.30. The summed E-state index contributed by atoms with van der Waals surface area (Å²) in [6, 6.07) is 9.09. The van der Waals surface area contributed by atoms with E-state index >= 15 is 0 Å². The minimum absolute atomic E-state index is 0.224. The minimum atomic E-state index is -3.51. The third-order valence-corrected chi connectivity index (χ3v) is 6.57. The summed E-state index contributed by atoms with van der Waals surface area (Å²) in [6.45, 7) is 1.11. The fourth-order valence-corrected chi connectivity index (χ4v) is 4.91. The van der Waals surface area contributed by atoms with Crippen molar-refractivity contribution in [2.24, 2.45) is 0 Å². The number of sulfonamides is 1. The van der Waals surface area contributed by atoms with Gasteiger partial charge in [-0.25, -0.2) is 8.42 Å². The Hall–Kier alpha value is -1.42. The van der Waals surface area contributed by atoms with Crippen molar-refractivity contribution < 1.29 is 8.42 Å². The van der Waals surface area contributed by atoms with Crippen molar-refractivity contribution in [3.63, 3.8) is 0 Å². The third kappa shape index (κ3) is 2.57. The van der Waals surface area contributed by atoms with Gasteiger partial charge in [0.25, 0.3) is 0 Å². The number of nitrogens with zero attached hydrogens (tertiary/aromatic N) is 3. The first kappa shape index (κ1) is 14.5. The lowest BCUT2D eigenvalue weighted by Crippen LogP contribution is -2.39. The third-order valence-electron chi connectivity index (χ3n) is 4.71. The summed E-state index contributed by atoms with van der Waals surface area (Å²) < 4.78 is 27.2. The van der Waals surface area contributed by atoms with Crippen LogP contribution in [0.4, 0.5) is 0 Å². The molecule has 2 bridgehead atoms. The summed E-state index contributed by atoms with van der Waals surface area (Å²) in [6.07, 6.45) is 3.11. The van der Waals surface area contributed by atoms with Gasteiger partial charge in [-0.2, -0.15) is 9.57 Å². The van der Waals surface area contributed by atoms with Crippen LogP contribution in [-0.2, 0) is 10.0 Å². The molecule has 3 rings (SSSR count). The number of likely N-dealkylation sites (N-methyl/N-ethyl adjacent to an activating group) is 1. The zero-order valence-electron chi connectivity index (χ0n) is 12.1. The highest BCUT2D eigenvalue weighted by Gasteiger charge is 2.38. The second-order valence-electron chi connectivity index (χ2n) is 5.84. The SMILES string of the molecule is CN1C2CCC1CN(S(=O)(=O)c1cccc(C#N)c1)CC2. The van der Waals surface area contributed by atoms with E-state index in [0.29, 0.717) is 30.7 Å². The van der Waals surface area contributed by atoms with Gasteiger partial charge in [-0.15, -0.1) is 0 Å². The van der Waals surface area contributed by atoms with Crippen molar-refractivity contribution >= 4 is 10.0 Å². The van der Waals surface area contributed by atoms with Gasteiger partial charge in [-0.1, -0.05) is 6.07 Å². The summed E-state index contributed by atoms with van der Waals surface area (Å²) in [7, 11) is -1.42. The highest BCUT2D eigenvalue weighted by atomic mass is 32.2. The second-order valence-corrected chi connectivity index (χ2v) is 7.78. The number of hydrogen-bond donors (Lipinski definition) is 0. The Bertz CT molecular complexity index is 680. The lowest BCUT2D eigenvalue weighted by molar-refractivity contribution is 0.246. The van der Waals surface area contributed by atoms with Crippen molar-refractivity contribution in [3.8, 4) is 6.07 Å². The molecule has 6 heteroatoms. The van der Waals surface area contributed by atoms with Crippen LogP contribution in [-0.4, -0.2) is 49.8 Å². The molecule has 2 atom stereocenters. The number of nitriles is 1. The molecule has 2 saturated heterocycles. The maximum Gasteiger partial charge on any atom is 0.243 e. The van der Waals surface area contributed by atoms with Gasteiger partial charge in [0.15, 0.2) is 0 Å². The van der Waals surface area contributed by atoms with Gasteiger partial charge < -0.3 is 0 Å². The first-order valence-corrected chi connectivity index (χ1v) is 8.68. The van der Waals surface area contributed by atoms with E-state index in [1.165, 1.54) is 12.5 Å². The van der Waals surface area contributed by atoms with Crippen molar-refractivity contribution in [2.75, 3.05) is 20.1 Å². The van der Waals surface area contributed by atoms with E-state index in [4.69, 9.17) is 5.26 Å². The van der Waals surface area contributed by atoms with Gasteiger partial charge in [0, 0.05) is 25.2 Å². The molecule has 1 aromatic rings. The molecular weight excluding hydrogens is 286 g/mol. The summed E-state index contributed by atoms with van der Waals surface area (Å²) in [4.78, 5) is 2.54. The Labute approximate surface area is 125 Å². The number of hydrogen-bond acceptors (Lipinski definition) is 4. The van der Waals surface area contributed by atoms with Crippen molar-refractivity contribution in [1.29, 1.82) is 5.26 Å². The Morgan fingerprint density at radius 2 is 2.00 bits per heavy atom. The van der Waals surface area contributed by atoms with Crippen LogP contribution in [0.3, 0.4) is 0 Å². The highest BCUT2D eigenvalue weighted by molar-refractivity contribution is 7.89. The smallest absolute Gasteiger partial charge is 0.243 e. The zero-order chi connectivity index (χ0) is 15.0. The summed E-state index contributed by atoms with van der Waals surface area (Å²) in [5.41, 5.74) is 0.379. The molecule has 0 N–H and O–H groups in total. The number of fused-ring (bicyclic) bond motifs is 2. The van der Waals surface area contributed by atoms with Crippen molar-refractivity contribution in [3.05, 3.63) is 29.8 Å². The Morgan fingerprint density at radius 3 is 2.76 bits per heavy atom. The van der Waals surface area contributed by atoms with Gasteiger partial charge in [0.2, 0.25) is 10.0 Å². The van der Waals surface area contributed by atoms with Crippen molar-refractivity contribution in [2.45, 2.75) is 36.2 Å². The van der Waals surface area contributed by atoms with Gasteiger partial charge in [0.05, 0.1) is 16.5 Å². The van der Waals surface area contributed by atoms with Crippen LogP contribution in [0.25, 0.3) is 0 Å². The maximum absolute atomic E-state index is 12.8. The molecule has 0 spiro atoms. The normalized spacial score (nSPS) is 27.2. The Kier molecular flexibility index (Phi) is 3.74. The quantitative estimate of drug-likeness (QED) is 0.829. The number of rotatable bonds is 2. The summed E-state index contributed by atoms with van der Waals surface area (Å²) in [5.74, 6) is 0. The predicted molar refractivity (Wildman–Crippen MR) is 79.1 cm³/mol. The average molecular weight is 305 g/mol. The van der Waals surface area contributed by atoms with Crippen LogP contribution in [0.15, 0.2) is 29.2 Å². The monoisotopic (exact) mass is 305 g/mol. The van der Waals surface area contributed by atoms with E-state index < -0.39 is 10.0 Å². The first-order chi connectivity index (χ1) is 10.0. The molecule has 1 aromatic carbocycles. The van der Waals surface area contributed by atoms with E-state index in [0.717, 1.165) is 12.8 Å². The zero-order valence-corrected chi connectivity index (χ0v) is 12.9. The van der Waals surface area contributed by atoms with Gasteiger partial charge in [0.1, 0.15) is 0 Å². The molecule has 2 aliphatic heterocycles. The molecule has 0 aliphatic carbocycles. The topological polar surface area (TPSA) is 64.4 Å². The summed E-state index contributed by atoms with van der Waals surface area (Å²) in [5, 5.41) is 8.94. The van der Waals surface area contributed by atoms with Crippen LogP contribution < -0.4 is 0 Å². The maximum atomic E-state index is 12.8. The van der Waals surface area contributed by atoms with Gasteiger partial charge >= 0.3 is 0 Å². The fraction of sp³-hybridized carbons (Fsp3) is 0.533. The van der Waals surface area contributed by atoms with Crippen LogP contribution in [0, 0.1) is 11.3 Å². The molecule has 2 unspecified atom stereocenters. The number of benzene rings is 1. The predicted octanol–water partition coefficient (Wildman–Crippen LogP) is 1.42. The molecule has 2 fully saturated rings. The van der Waals surface area contributed by atoms with Gasteiger partial charge in [-0.3, -0.25) is 4.90 Å². The van der Waals surface area contributed by atoms with E-state index in [1.54, 1.807) is 22.5 Å². The molecule has 0 aromatic heterocycles. The van der Waals surface area contributed by atoms with Crippen LogP contribution in [0.2, 0.25) is 0 Å². The van der Waals surface area contributed by atoms with E-state index in [9.17, 15) is 8.42 Å². The molecule has 2 aliphatic rings. The summed E-state index contributed by atoms with van der Waals surface area (Å²) >= 11 is 0. The van der Waals surface area contributed by atoms with Crippen LogP contribution >= 0.6 is 0 Å². The lowest BCUT2D eigenvalue weighted by Gasteiger charge is -2.25. The molecule has 0 saturated carbocycles. The molecule has 21 heavy (non-hydrogen) atoms. The standard InChI is InChI=1S/C15H19N3O2S/c1-17-13-5-6-14(17)11-18(8-7-13)21(19,20)15-4-2-3-12(9-15)10-16/h2-4,9,13-14H,5-8,11H2,1H3. The Morgan fingerprint density at radius 1 is 1.24 bits per heavy atom. The first-order valence-electron chi connectivity index (χ1n) is 7.24. The average Bonchev–Trinajstić information content (AvgIpc) is 2.71. The van der Waals surface area contributed by atoms with Crippen LogP contribution in [0.5, 0.6) is 0 Å². The molecule has 0 amide bonds. The largest absolute Gasteiger partial charge is 0.299 e. The molecule has 2 heterocycles. The van der Waals surface area contributed by atoms with E-state index in [1.807, 2.05) is 6.07 Å². The molecule has 5 nitrogen and oxygen atoms in total. The fourth-order valence-electron chi connectivity index (χ4n) is 3.37. The van der Waals surface area contributed by atoms with Gasteiger partial charge in [-0.05, 0) is 44.5 Å². The Balaban J connectivity index is 1.90. The molecule has 0 radical (unpaired) electrons. The van der Waals surface area contributed by atoms with E-state index in [2.05, 4.69) is 11.9 Å². The van der Waals surface area contributed by atoms with Crippen LogP contribution in [0.1, 0.15) is 24.8 Å². The lowest BCUT2D eigenvalue weighted by atomic mass is 10.1. The minimum Gasteiger partial charge on any atom is -0.299 e.